The van der Waals surface area contributed by atoms with Crippen LogP contribution in [0.1, 0.15) is 32.6 Å². The van der Waals surface area contributed by atoms with Crippen molar-refractivity contribution in [1.29, 1.82) is 0 Å². The van der Waals surface area contributed by atoms with Crippen molar-refractivity contribution in [3.63, 3.8) is 0 Å². The van der Waals surface area contributed by atoms with Crippen LogP contribution in [0.2, 0.25) is 0 Å². The average Bonchev–Trinajstić information content (AvgIpc) is 3.36. The lowest BCUT2D eigenvalue weighted by molar-refractivity contribution is 0.0952. The zero-order chi connectivity index (χ0) is 28.9. The summed E-state index contributed by atoms with van der Waals surface area (Å²) in [6, 6.07) is 28.5. The minimum absolute atomic E-state index is 0.00240. The summed E-state index contributed by atoms with van der Waals surface area (Å²) in [6.45, 7) is 0.828. The van der Waals surface area contributed by atoms with Crippen LogP contribution in [0.3, 0.4) is 0 Å². The van der Waals surface area contributed by atoms with Crippen LogP contribution in [-0.2, 0) is 13.1 Å². The highest BCUT2D eigenvalue weighted by atomic mass is 79.9. The number of halogens is 1. The smallest absolute Gasteiger partial charge is 0.253 e. The second-order valence-electron chi connectivity index (χ2n) is 9.47. The number of fused-ring (bicyclic) bond motifs is 1. The van der Waals surface area contributed by atoms with E-state index in [1.165, 1.54) is 0 Å². The van der Waals surface area contributed by atoms with Gasteiger partial charge in [-0.2, -0.15) is 0 Å². The van der Waals surface area contributed by atoms with E-state index >= 15 is 0 Å². The number of oxime groups is 2. The number of benzene rings is 4. The Kier molecular flexibility index (Phi) is 8.02. The third kappa shape index (κ3) is 6.07. The van der Waals surface area contributed by atoms with Gasteiger partial charge in [0.15, 0.2) is 11.7 Å². The van der Waals surface area contributed by atoms with Crippen LogP contribution >= 0.6 is 15.9 Å². The van der Waals surface area contributed by atoms with E-state index in [0.29, 0.717) is 23.2 Å². The highest BCUT2D eigenvalue weighted by molar-refractivity contribution is 9.10. The van der Waals surface area contributed by atoms with Gasteiger partial charge < -0.3 is 31.8 Å². The molecule has 0 aliphatic rings. The largest absolute Gasteiger partial charge is 0.409 e. The molecule has 7 N–H and O–H groups in total. The van der Waals surface area contributed by atoms with Crippen LogP contribution in [0.4, 0.5) is 0 Å². The summed E-state index contributed by atoms with van der Waals surface area (Å²) in [6.07, 6.45) is 1.87. The second kappa shape index (κ2) is 12.0. The first-order valence-corrected chi connectivity index (χ1v) is 13.5. The summed E-state index contributed by atoms with van der Waals surface area (Å²) in [4.78, 5) is 13.6. The number of hydrogen-bond donors (Lipinski definition) is 5. The van der Waals surface area contributed by atoms with E-state index in [-0.39, 0.29) is 24.1 Å². The van der Waals surface area contributed by atoms with Gasteiger partial charge in [-0.3, -0.25) is 4.79 Å². The van der Waals surface area contributed by atoms with E-state index in [9.17, 15) is 4.79 Å². The van der Waals surface area contributed by atoms with Crippen LogP contribution in [0, 0.1) is 0 Å². The van der Waals surface area contributed by atoms with Crippen molar-refractivity contribution in [2.24, 2.45) is 21.8 Å². The van der Waals surface area contributed by atoms with Crippen molar-refractivity contribution < 1.29 is 15.2 Å². The van der Waals surface area contributed by atoms with Gasteiger partial charge in [-0.05, 0) is 58.7 Å². The van der Waals surface area contributed by atoms with E-state index in [2.05, 4.69) is 36.1 Å². The molecule has 10 heteroatoms. The number of nitrogens with two attached hydrogens (primary N) is 2. The van der Waals surface area contributed by atoms with Gasteiger partial charge in [0.25, 0.3) is 5.91 Å². The number of nitrogens with zero attached hydrogens (tertiary/aromatic N) is 3. The second-order valence-corrected chi connectivity index (χ2v) is 10.4. The molecule has 1 amide bonds. The average molecular weight is 612 g/mol. The van der Waals surface area contributed by atoms with Crippen molar-refractivity contribution in [2.45, 2.75) is 13.1 Å². The fourth-order valence-corrected chi connectivity index (χ4v) is 5.16. The molecule has 5 aromatic rings. The van der Waals surface area contributed by atoms with E-state index in [1.54, 1.807) is 24.3 Å². The topological polar surface area (TPSA) is 151 Å². The predicted molar refractivity (Wildman–Crippen MR) is 163 cm³/mol. The highest BCUT2D eigenvalue weighted by Crippen LogP contribution is 2.30. The molecule has 1 aromatic heterocycles. The van der Waals surface area contributed by atoms with Crippen LogP contribution < -0.4 is 16.8 Å². The number of amidine groups is 2. The summed E-state index contributed by atoms with van der Waals surface area (Å²) in [7, 11) is 0. The number of carbonyl (C=O) groups is 1. The third-order valence-electron chi connectivity index (χ3n) is 6.75. The first-order valence-electron chi connectivity index (χ1n) is 12.7. The Morgan fingerprint density at radius 3 is 2.20 bits per heavy atom. The van der Waals surface area contributed by atoms with Crippen molar-refractivity contribution in [3.8, 4) is 11.1 Å². The first kappa shape index (κ1) is 27.5. The number of carbonyl (C=O) groups excluding carboxylic acids is 1. The Hall–Kier alpha value is -5.09. The molecule has 0 aliphatic heterocycles. The van der Waals surface area contributed by atoms with Gasteiger partial charge in [-0.25, -0.2) is 0 Å². The van der Waals surface area contributed by atoms with Gasteiger partial charge >= 0.3 is 0 Å². The van der Waals surface area contributed by atoms with Crippen molar-refractivity contribution in [3.05, 3.63) is 129 Å². The number of rotatable bonds is 8. The molecule has 0 radical (unpaired) electrons. The Labute approximate surface area is 244 Å². The van der Waals surface area contributed by atoms with Crippen molar-refractivity contribution in [1.82, 2.24) is 9.88 Å². The third-order valence-corrected chi connectivity index (χ3v) is 7.24. The normalized spacial score (nSPS) is 12.0. The molecule has 0 saturated heterocycles. The standard InChI is InChI=1S/C31H27BrN6O3/c32-25-9-2-5-20(13-25)17-38-18-27(31(39)35-16-19-4-1-7-23(12-19)29(33)36-40)26-15-22(10-11-28(26)38)21-6-3-8-24(14-21)30(34)37-41/h1-15,18,40-41H,16-17H2,(H2,33,36)(H2,34,37)(H,35,39). The Balaban J connectivity index is 1.52. The summed E-state index contributed by atoms with van der Waals surface area (Å²) in [5, 5.41) is 28.0. The highest BCUT2D eigenvalue weighted by Gasteiger charge is 2.17. The maximum atomic E-state index is 13.6. The summed E-state index contributed by atoms with van der Waals surface area (Å²) in [5.41, 5.74) is 17.7. The fraction of sp³-hybridized carbons (Fsp3) is 0.0645. The minimum atomic E-state index is -0.236. The molecule has 0 bridgehead atoms. The number of hydrogen-bond acceptors (Lipinski definition) is 5. The monoisotopic (exact) mass is 610 g/mol. The van der Waals surface area contributed by atoms with Crippen LogP contribution in [0.15, 0.2) is 112 Å². The Bertz CT molecular complexity index is 1810. The van der Waals surface area contributed by atoms with Gasteiger partial charge in [-0.15, -0.1) is 0 Å². The molecular weight excluding hydrogens is 584 g/mol. The molecule has 0 fully saturated rings. The number of aromatic nitrogens is 1. The summed E-state index contributed by atoms with van der Waals surface area (Å²) < 4.78 is 3.04. The van der Waals surface area contributed by atoms with Gasteiger partial charge in [0.05, 0.1) is 5.56 Å². The summed E-state index contributed by atoms with van der Waals surface area (Å²) in [5.74, 6) is -0.221. The molecular formula is C31H27BrN6O3. The lowest BCUT2D eigenvalue weighted by Gasteiger charge is -2.08. The molecule has 0 saturated carbocycles. The maximum absolute atomic E-state index is 13.6. The molecule has 0 spiro atoms. The number of amides is 1. The van der Waals surface area contributed by atoms with E-state index in [4.69, 9.17) is 21.9 Å². The quantitative estimate of drug-likeness (QED) is 0.0704. The molecule has 9 nitrogen and oxygen atoms in total. The molecule has 5 rings (SSSR count). The Morgan fingerprint density at radius 1 is 0.805 bits per heavy atom. The van der Waals surface area contributed by atoms with Crippen LogP contribution in [0.5, 0.6) is 0 Å². The van der Waals surface area contributed by atoms with E-state index < -0.39 is 0 Å². The predicted octanol–water partition coefficient (Wildman–Crippen LogP) is 5.24. The van der Waals surface area contributed by atoms with Crippen LogP contribution in [0.25, 0.3) is 22.0 Å². The minimum Gasteiger partial charge on any atom is -0.409 e. The first-order chi connectivity index (χ1) is 19.9. The van der Waals surface area contributed by atoms with E-state index in [0.717, 1.165) is 37.6 Å². The molecule has 0 unspecified atom stereocenters. The number of nitrogens with one attached hydrogen (secondary N) is 1. The Morgan fingerprint density at radius 2 is 1.46 bits per heavy atom. The molecule has 0 atom stereocenters. The molecule has 0 aliphatic carbocycles. The van der Waals surface area contributed by atoms with Crippen molar-refractivity contribution >= 4 is 44.4 Å². The lowest BCUT2D eigenvalue weighted by Crippen LogP contribution is -2.23. The lowest BCUT2D eigenvalue weighted by atomic mass is 10.00. The molecule has 41 heavy (non-hydrogen) atoms. The molecule has 4 aromatic carbocycles. The molecule has 206 valence electrons. The SMILES string of the molecule is N/C(=N\O)c1cccc(CNC(=O)c2cn(Cc3cccc(Br)c3)c3ccc(-c4cccc(/C(N)=N/O)c4)cc23)c1. The van der Waals surface area contributed by atoms with Crippen LogP contribution in [-0.4, -0.2) is 32.6 Å². The van der Waals surface area contributed by atoms with Gasteiger partial charge in [0.2, 0.25) is 0 Å². The van der Waals surface area contributed by atoms with Gasteiger partial charge in [0.1, 0.15) is 0 Å². The zero-order valence-corrected chi connectivity index (χ0v) is 23.4. The van der Waals surface area contributed by atoms with Crippen molar-refractivity contribution in [2.75, 3.05) is 0 Å². The van der Waals surface area contributed by atoms with E-state index in [1.807, 2.05) is 72.9 Å². The van der Waals surface area contributed by atoms with Gasteiger partial charge in [0, 0.05) is 45.8 Å². The van der Waals surface area contributed by atoms with Gasteiger partial charge in [-0.1, -0.05) is 80.8 Å². The maximum Gasteiger partial charge on any atom is 0.253 e. The molecule has 1 heterocycles. The fourth-order valence-electron chi connectivity index (χ4n) is 4.71. The zero-order valence-electron chi connectivity index (χ0n) is 21.8. The summed E-state index contributed by atoms with van der Waals surface area (Å²) >= 11 is 3.54.